The summed E-state index contributed by atoms with van der Waals surface area (Å²) in [5.41, 5.74) is 0.536. The van der Waals surface area contributed by atoms with Gasteiger partial charge in [0.2, 0.25) is 0 Å². The molecule has 0 radical (unpaired) electrons. The summed E-state index contributed by atoms with van der Waals surface area (Å²) in [6.07, 6.45) is 2.00. The Bertz CT molecular complexity index is 581. The van der Waals surface area contributed by atoms with E-state index in [0.717, 1.165) is 32.5 Å². The number of ether oxygens (including phenoxy) is 2. The van der Waals surface area contributed by atoms with E-state index in [0.29, 0.717) is 11.3 Å². The second-order valence-electron chi connectivity index (χ2n) is 6.98. The first-order valence-electron chi connectivity index (χ1n) is 9.92. The fraction of sp³-hybridized carbons (Fsp3) is 0.619. The zero-order chi connectivity index (χ0) is 20.2. The SMILES string of the molecule is CC[NH+](CC)CCC[C@@H](C)N=C(NC(=O)c1ccc(OC)cc1)OC(C)C. The topological polar surface area (TPSA) is 64.4 Å². The smallest absolute Gasteiger partial charge is 0.292 e. The van der Waals surface area contributed by atoms with Crippen LogP contribution in [-0.4, -0.2) is 50.8 Å². The largest absolute Gasteiger partial charge is 0.497 e. The molecule has 0 unspecified atom stereocenters. The lowest BCUT2D eigenvalue weighted by molar-refractivity contribution is -0.896. The van der Waals surface area contributed by atoms with E-state index in [1.165, 1.54) is 0 Å². The molecule has 0 saturated heterocycles. The number of hydrogen-bond donors (Lipinski definition) is 2. The first-order valence-corrected chi connectivity index (χ1v) is 9.92. The van der Waals surface area contributed by atoms with Gasteiger partial charge in [-0.25, -0.2) is 4.99 Å². The summed E-state index contributed by atoms with van der Waals surface area (Å²) in [5, 5.41) is 2.80. The van der Waals surface area contributed by atoms with Crippen molar-refractivity contribution in [2.45, 2.75) is 59.6 Å². The first-order chi connectivity index (χ1) is 12.9. The van der Waals surface area contributed by atoms with Crippen molar-refractivity contribution in [2.24, 2.45) is 4.99 Å². The monoisotopic (exact) mass is 378 g/mol. The third-order valence-electron chi connectivity index (χ3n) is 4.41. The van der Waals surface area contributed by atoms with Crippen LogP contribution >= 0.6 is 0 Å². The van der Waals surface area contributed by atoms with Crippen LogP contribution in [0.25, 0.3) is 0 Å². The molecule has 1 aromatic carbocycles. The van der Waals surface area contributed by atoms with Gasteiger partial charge in [0.05, 0.1) is 38.9 Å². The molecule has 27 heavy (non-hydrogen) atoms. The predicted molar refractivity (Wildman–Crippen MR) is 110 cm³/mol. The van der Waals surface area contributed by atoms with E-state index in [2.05, 4.69) is 31.1 Å². The zero-order valence-electron chi connectivity index (χ0n) is 17.7. The van der Waals surface area contributed by atoms with E-state index >= 15 is 0 Å². The molecule has 0 saturated carbocycles. The number of methoxy groups -OCH3 is 1. The van der Waals surface area contributed by atoms with E-state index in [1.54, 1.807) is 36.3 Å². The molecule has 0 bridgehead atoms. The maximum absolute atomic E-state index is 12.5. The first kappa shape index (κ1) is 23.0. The predicted octanol–water partition coefficient (Wildman–Crippen LogP) is 2.30. The zero-order valence-corrected chi connectivity index (χ0v) is 17.7. The minimum atomic E-state index is -0.239. The van der Waals surface area contributed by atoms with Crippen LogP contribution in [-0.2, 0) is 4.74 Å². The minimum Gasteiger partial charge on any atom is -0.497 e. The number of amides is 1. The molecule has 0 spiro atoms. The molecule has 0 heterocycles. The summed E-state index contributed by atoms with van der Waals surface area (Å²) in [5.74, 6) is 0.472. The van der Waals surface area contributed by atoms with Crippen molar-refractivity contribution in [1.82, 2.24) is 5.32 Å². The lowest BCUT2D eigenvalue weighted by Crippen LogP contribution is -3.11. The van der Waals surface area contributed by atoms with Gasteiger partial charge in [0.25, 0.3) is 11.9 Å². The number of carbonyl (C=O) groups is 1. The highest BCUT2D eigenvalue weighted by Crippen LogP contribution is 2.11. The average molecular weight is 379 g/mol. The molecule has 2 N–H and O–H groups in total. The van der Waals surface area contributed by atoms with E-state index < -0.39 is 0 Å². The van der Waals surface area contributed by atoms with Crippen molar-refractivity contribution < 1.29 is 19.2 Å². The number of hydrogen-bond acceptors (Lipinski definition) is 4. The number of rotatable bonds is 10. The third kappa shape index (κ3) is 8.91. The summed E-state index contributed by atoms with van der Waals surface area (Å²) in [7, 11) is 1.60. The van der Waals surface area contributed by atoms with Crippen LogP contribution in [0.1, 0.15) is 57.8 Å². The van der Waals surface area contributed by atoms with Gasteiger partial charge in [-0.15, -0.1) is 0 Å². The third-order valence-corrected chi connectivity index (χ3v) is 4.41. The summed E-state index contributed by atoms with van der Waals surface area (Å²) in [6, 6.07) is 7.33. The highest BCUT2D eigenvalue weighted by molar-refractivity contribution is 6.04. The lowest BCUT2D eigenvalue weighted by Gasteiger charge is -2.17. The number of nitrogens with one attached hydrogen (secondary N) is 2. The van der Waals surface area contributed by atoms with Crippen LogP contribution in [0.5, 0.6) is 5.75 Å². The molecule has 1 rings (SSSR count). The van der Waals surface area contributed by atoms with Crippen LogP contribution in [0.2, 0.25) is 0 Å². The lowest BCUT2D eigenvalue weighted by atomic mass is 10.2. The van der Waals surface area contributed by atoms with Crippen molar-refractivity contribution in [3.05, 3.63) is 29.8 Å². The van der Waals surface area contributed by atoms with Gasteiger partial charge in [0.1, 0.15) is 5.75 Å². The molecule has 0 aliphatic heterocycles. The van der Waals surface area contributed by atoms with Gasteiger partial charge in [-0.05, 0) is 71.7 Å². The maximum atomic E-state index is 12.5. The number of amidine groups is 1. The van der Waals surface area contributed by atoms with Gasteiger partial charge < -0.3 is 14.4 Å². The second kappa shape index (κ2) is 12.3. The minimum absolute atomic E-state index is 0.0627. The summed E-state index contributed by atoms with van der Waals surface area (Å²) >= 11 is 0. The van der Waals surface area contributed by atoms with Crippen LogP contribution in [0.4, 0.5) is 0 Å². The highest BCUT2D eigenvalue weighted by Gasteiger charge is 2.14. The van der Waals surface area contributed by atoms with Gasteiger partial charge in [0.15, 0.2) is 0 Å². The number of carbonyl (C=O) groups excluding carboxylic acids is 1. The molecule has 6 nitrogen and oxygen atoms in total. The quantitative estimate of drug-likeness (QED) is 0.485. The molecule has 1 amide bonds. The van der Waals surface area contributed by atoms with Gasteiger partial charge in [-0.1, -0.05) is 0 Å². The van der Waals surface area contributed by atoms with Crippen LogP contribution < -0.4 is 15.0 Å². The molecule has 0 aliphatic rings. The fourth-order valence-corrected chi connectivity index (χ4v) is 2.74. The Morgan fingerprint density at radius 1 is 1.15 bits per heavy atom. The maximum Gasteiger partial charge on any atom is 0.292 e. The van der Waals surface area contributed by atoms with Gasteiger partial charge >= 0.3 is 0 Å². The molecule has 0 aromatic heterocycles. The molecular formula is C21H36N3O3+. The van der Waals surface area contributed by atoms with Gasteiger partial charge in [-0.2, -0.15) is 0 Å². The van der Waals surface area contributed by atoms with E-state index in [9.17, 15) is 4.79 Å². The van der Waals surface area contributed by atoms with Gasteiger partial charge in [0, 0.05) is 5.56 Å². The Morgan fingerprint density at radius 3 is 2.30 bits per heavy atom. The Morgan fingerprint density at radius 2 is 1.78 bits per heavy atom. The second-order valence-corrected chi connectivity index (χ2v) is 6.98. The molecule has 1 atom stereocenters. The molecule has 6 heteroatoms. The van der Waals surface area contributed by atoms with Crippen LogP contribution in [0.15, 0.2) is 29.3 Å². The van der Waals surface area contributed by atoms with Crippen molar-refractivity contribution in [1.29, 1.82) is 0 Å². The molecular weight excluding hydrogens is 342 g/mol. The Kier molecular flexibility index (Phi) is 10.5. The summed E-state index contributed by atoms with van der Waals surface area (Å²) in [6.45, 7) is 13.8. The van der Waals surface area contributed by atoms with Crippen LogP contribution in [0, 0.1) is 0 Å². The molecule has 1 aromatic rings. The van der Waals surface area contributed by atoms with Crippen molar-refractivity contribution in [3.8, 4) is 5.75 Å². The summed E-state index contributed by atoms with van der Waals surface area (Å²) < 4.78 is 10.8. The van der Waals surface area contributed by atoms with E-state index in [1.807, 2.05) is 13.8 Å². The normalized spacial score (nSPS) is 13.0. The van der Waals surface area contributed by atoms with Crippen molar-refractivity contribution >= 4 is 11.9 Å². The number of benzene rings is 1. The Hall–Kier alpha value is -2.08. The number of aliphatic imine (C=N–C) groups is 1. The fourth-order valence-electron chi connectivity index (χ4n) is 2.74. The molecule has 152 valence electrons. The molecule has 0 fully saturated rings. The van der Waals surface area contributed by atoms with Crippen LogP contribution in [0.3, 0.4) is 0 Å². The standard InChI is InChI=1S/C21H35N3O3/c1-7-24(8-2)15-9-10-17(5)22-21(27-16(3)4)23-20(25)18-11-13-19(26-6)14-12-18/h11-14,16-17H,7-10,15H2,1-6H3,(H,22,23,25)/p+1/t17-/m1/s1. The van der Waals surface area contributed by atoms with Gasteiger partial charge in [-0.3, -0.25) is 10.1 Å². The Labute approximate surface area is 163 Å². The van der Waals surface area contributed by atoms with E-state index in [4.69, 9.17) is 9.47 Å². The summed E-state index contributed by atoms with van der Waals surface area (Å²) in [4.78, 5) is 18.7. The van der Waals surface area contributed by atoms with E-state index in [-0.39, 0.29) is 24.1 Å². The number of nitrogens with zero attached hydrogens (tertiary/aromatic N) is 1. The van der Waals surface area contributed by atoms with Crippen molar-refractivity contribution in [2.75, 3.05) is 26.7 Å². The number of quaternary nitrogens is 1. The van der Waals surface area contributed by atoms with Crippen molar-refractivity contribution in [3.63, 3.8) is 0 Å². The molecule has 0 aliphatic carbocycles. The Balaban J connectivity index is 2.69. The average Bonchev–Trinajstić information content (AvgIpc) is 2.64. The highest BCUT2D eigenvalue weighted by atomic mass is 16.5.